The molecule has 0 saturated carbocycles. The number of amides is 1. The van der Waals surface area contributed by atoms with Gasteiger partial charge in [-0.2, -0.15) is 0 Å². The highest BCUT2D eigenvalue weighted by molar-refractivity contribution is 5.95. The maximum Gasteiger partial charge on any atom is 0.293 e. The first kappa shape index (κ1) is 17.9. The highest BCUT2D eigenvalue weighted by Gasteiger charge is 2.23. The fourth-order valence-electron chi connectivity index (χ4n) is 3.24. The van der Waals surface area contributed by atoms with Crippen LogP contribution in [0.5, 0.6) is 0 Å². The number of H-pyrrole nitrogens is 1. The lowest BCUT2D eigenvalue weighted by Crippen LogP contribution is -2.36. The number of nitrogens with one attached hydrogen (secondary N) is 2. The lowest BCUT2D eigenvalue weighted by molar-refractivity contribution is -0.384. The van der Waals surface area contributed by atoms with Gasteiger partial charge in [0.15, 0.2) is 0 Å². The first-order valence-electron chi connectivity index (χ1n) is 8.95. The van der Waals surface area contributed by atoms with Gasteiger partial charge in [0.05, 0.1) is 35.7 Å². The molecule has 0 atom stereocenters. The Morgan fingerprint density at radius 1 is 1.25 bits per heavy atom. The quantitative estimate of drug-likeness (QED) is 0.518. The predicted octanol–water partition coefficient (Wildman–Crippen LogP) is 2.24. The summed E-state index contributed by atoms with van der Waals surface area (Å²) in [6.07, 6.45) is 0. The first-order chi connectivity index (χ1) is 13.6. The molecule has 0 spiro atoms. The van der Waals surface area contributed by atoms with Crippen LogP contribution >= 0.6 is 0 Å². The molecule has 1 aliphatic heterocycles. The van der Waals surface area contributed by atoms with Crippen molar-refractivity contribution >= 4 is 28.3 Å². The molecular formula is C19H19N5O4. The number of anilines is 1. The fourth-order valence-corrected chi connectivity index (χ4v) is 3.24. The molecule has 2 N–H and O–H groups in total. The van der Waals surface area contributed by atoms with Crippen LogP contribution in [0.3, 0.4) is 0 Å². The summed E-state index contributed by atoms with van der Waals surface area (Å²) >= 11 is 0. The number of aromatic amines is 1. The van der Waals surface area contributed by atoms with E-state index in [2.05, 4.69) is 15.3 Å². The van der Waals surface area contributed by atoms with Gasteiger partial charge in [0.2, 0.25) is 0 Å². The van der Waals surface area contributed by atoms with Crippen LogP contribution in [0.1, 0.15) is 16.2 Å². The summed E-state index contributed by atoms with van der Waals surface area (Å²) < 4.78 is 5.29. The van der Waals surface area contributed by atoms with Gasteiger partial charge in [0.25, 0.3) is 11.6 Å². The Kier molecular flexibility index (Phi) is 4.90. The van der Waals surface area contributed by atoms with Crippen LogP contribution in [-0.4, -0.2) is 47.1 Å². The SMILES string of the molecule is O=C(NCc1nc2ccccc2[nH]1)c1ccc(N2CCOCC2)c([N+](=O)[O-])c1. The van der Waals surface area contributed by atoms with Gasteiger partial charge in [0.1, 0.15) is 11.5 Å². The number of ether oxygens (including phenoxy) is 1. The maximum atomic E-state index is 12.5. The molecule has 0 aliphatic carbocycles. The van der Waals surface area contributed by atoms with Crippen molar-refractivity contribution in [2.24, 2.45) is 0 Å². The number of nitro groups is 1. The summed E-state index contributed by atoms with van der Waals surface area (Å²) in [5.41, 5.74) is 2.36. The largest absolute Gasteiger partial charge is 0.378 e. The molecule has 1 aromatic heterocycles. The van der Waals surface area contributed by atoms with Crippen molar-refractivity contribution in [3.63, 3.8) is 0 Å². The number of carbonyl (C=O) groups excluding carboxylic acids is 1. The van der Waals surface area contributed by atoms with Crippen molar-refractivity contribution in [2.45, 2.75) is 6.54 Å². The second-order valence-corrected chi connectivity index (χ2v) is 6.44. The second-order valence-electron chi connectivity index (χ2n) is 6.44. The third-order valence-electron chi connectivity index (χ3n) is 4.64. The zero-order chi connectivity index (χ0) is 19.5. The number of benzene rings is 2. The van der Waals surface area contributed by atoms with Crippen molar-refractivity contribution in [3.05, 3.63) is 64.0 Å². The Bertz CT molecular complexity index is 993. The van der Waals surface area contributed by atoms with Crippen molar-refractivity contribution in [2.75, 3.05) is 31.2 Å². The molecule has 1 amide bonds. The molecule has 1 aliphatic rings. The zero-order valence-electron chi connectivity index (χ0n) is 15.1. The molecule has 1 fully saturated rings. The van der Waals surface area contributed by atoms with Gasteiger partial charge in [0, 0.05) is 24.7 Å². The summed E-state index contributed by atoms with van der Waals surface area (Å²) in [4.78, 5) is 33.0. The summed E-state index contributed by atoms with van der Waals surface area (Å²) in [6.45, 7) is 2.41. The highest BCUT2D eigenvalue weighted by Crippen LogP contribution is 2.30. The molecule has 28 heavy (non-hydrogen) atoms. The molecular weight excluding hydrogens is 362 g/mol. The number of rotatable bonds is 5. The first-order valence-corrected chi connectivity index (χ1v) is 8.95. The lowest BCUT2D eigenvalue weighted by Gasteiger charge is -2.28. The average molecular weight is 381 g/mol. The highest BCUT2D eigenvalue weighted by atomic mass is 16.6. The summed E-state index contributed by atoms with van der Waals surface area (Å²) in [5, 5.41) is 14.3. The smallest absolute Gasteiger partial charge is 0.293 e. The average Bonchev–Trinajstić information content (AvgIpc) is 3.15. The topological polar surface area (TPSA) is 113 Å². The molecule has 0 radical (unpaired) electrons. The van der Waals surface area contributed by atoms with Crippen molar-refractivity contribution in [3.8, 4) is 0 Å². The third-order valence-corrected chi connectivity index (χ3v) is 4.64. The van der Waals surface area contributed by atoms with Crippen LogP contribution < -0.4 is 10.2 Å². The van der Waals surface area contributed by atoms with Gasteiger partial charge in [-0.15, -0.1) is 0 Å². The Morgan fingerprint density at radius 2 is 2.04 bits per heavy atom. The maximum absolute atomic E-state index is 12.5. The molecule has 144 valence electrons. The van der Waals surface area contributed by atoms with Gasteiger partial charge in [-0.3, -0.25) is 14.9 Å². The summed E-state index contributed by atoms with van der Waals surface area (Å²) in [6, 6.07) is 12.1. The Morgan fingerprint density at radius 3 is 2.79 bits per heavy atom. The lowest BCUT2D eigenvalue weighted by atomic mass is 10.1. The van der Waals surface area contributed by atoms with Crippen LogP contribution in [0.2, 0.25) is 0 Å². The number of aromatic nitrogens is 2. The van der Waals surface area contributed by atoms with Gasteiger partial charge in [-0.25, -0.2) is 4.98 Å². The van der Waals surface area contributed by atoms with Gasteiger partial charge in [-0.05, 0) is 24.3 Å². The number of para-hydroxylation sites is 2. The van der Waals surface area contributed by atoms with Crippen molar-refractivity contribution in [1.82, 2.24) is 15.3 Å². The van der Waals surface area contributed by atoms with Gasteiger partial charge in [-0.1, -0.05) is 12.1 Å². The van der Waals surface area contributed by atoms with Crippen LogP contribution in [-0.2, 0) is 11.3 Å². The monoisotopic (exact) mass is 381 g/mol. The van der Waals surface area contributed by atoms with E-state index in [1.165, 1.54) is 6.07 Å². The Hall–Kier alpha value is -3.46. The normalized spacial score (nSPS) is 14.2. The van der Waals surface area contributed by atoms with Crippen LogP contribution in [0.25, 0.3) is 11.0 Å². The van der Waals surface area contributed by atoms with Crippen molar-refractivity contribution < 1.29 is 14.5 Å². The number of nitro benzene ring substituents is 1. The Balaban J connectivity index is 1.50. The molecule has 4 rings (SSSR count). The van der Waals surface area contributed by atoms with E-state index >= 15 is 0 Å². The molecule has 9 heteroatoms. The van der Waals surface area contributed by atoms with Crippen LogP contribution in [0, 0.1) is 10.1 Å². The van der Waals surface area contributed by atoms with Gasteiger partial charge >= 0.3 is 0 Å². The molecule has 2 heterocycles. The molecule has 1 saturated heterocycles. The summed E-state index contributed by atoms with van der Waals surface area (Å²) in [7, 11) is 0. The van der Waals surface area contributed by atoms with Crippen molar-refractivity contribution in [1.29, 1.82) is 0 Å². The van der Waals surface area contributed by atoms with E-state index in [4.69, 9.17) is 4.74 Å². The van der Waals surface area contributed by atoms with E-state index in [1.807, 2.05) is 29.2 Å². The predicted molar refractivity (Wildman–Crippen MR) is 103 cm³/mol. The molecule has 9 nitrogen and oxygen atoms in total. The van der Waals surface area contributed by atoms with E-state index in [0.29, 0.717) is 37.8 Å². The number of fused-ring (bicyclic) bond motifs is 1. The van der Waals surface area contributed by atoms with E-state index in [9.17, 15) is 14.9 Å². The molecule has 0 bridgehead atoms. The molecule has 3 aromatic rings. The van der Waals surface area contributed by atoms with Gasteiger partial charge < -0.3 is 19.9 Å². The second kappa shape index (κ2) is 7.65. The number of hydrogen-bond acceptors (Lipinski definition) is 6. The minimum absolute atomic E-state index is 0.0849. The third kappa shape index (κ3) is 3.65. The standard InChI is InChI=1S/C19H19N5O4/c25-19(20-12-18-21-14-3-1-2-4-15(14)22-18)13-5-6-16(17(11-13)24(26)27)23-7-9-28-10-8-23/h1-6,11H,7-10,12H2,(H,20,25)(H,21,22). The number of hydrogen-bond donors (Lipinski definition) is 2. The number of nitrogens with zero attached hydrogens (tertiary/aromatic N) is 3. The van der Waals surface area contributed by atoms with E-state index in [1.54, 1.807) is 12.1 Å². The van der Waals surface area contributed by atoms with E-state index in [-0.39, 0.29) is 17.8 Å². The molecule has 2 aromatic carbocycles. The van der Waals surface area contributed by atoms with Crippen LogP contribution in [0.4, 0.5) is 11.4 Å². The zero-order valence-corrected chi connectivity index (χ0v) is 15.1. The number of morpholine rings is 1. The Labute approximate surface area is 160 Å². The molecule has 0 unspecified atom stereocenters. The fraction of sp³-hybridized carbons (Fsp3) is 0.263. The van der Waals surface area contributed by atoms with E-state index in [0.717, 1.165) is 11.0 Å². The number of imidazole rings is 1. The summed E-state index contributed by atoms with van der Waals surface area (Å²) in [5.74, 6) is 0.228. The minimum Gasteiger partial charge on any atom is -0.378 e. The number of carbonyl (C=O) groups is 1. The van der Waals surface area contributed by atoms with Crippen LogP contribution in [0.15, 0.2) is 42.5 Å². The van der Waals surface area contributed by atoms with E-state index < -0.39 is 10.8 Å². The minimum atomic E-state index is -0.458.